The fraction of sp³-hybridized carbons (Fsp3) is 1.00. The molecule has 0 radical (unpaired) electrons. The van der Waals surface area contributed by atoms with Crippen molar-refractivity contribution in [3.05, 3.63) is 0 Å². The highest BCUT2D eigenvalue weighted by Crippen LogP contribution is 2.30. The lowest BCUT2D eigenvalue weighted by Crippen LogP contribution is -2.11. The normalized spacial score (nSPS) is 12.0. The number of rotatable bonds is 35. The molecule has 0 unspecified atom stereocenters. The quantitative estimate of drug-likeness (QED) is 0.0386. The van der Waals surface area contributed by atoms with Crippen LogP contribution >= 0.6 is 0 Å². The molecule has 0 aromatic heterocycles. The average molecular weight is 660 g/mol. The number of hydrogen-bond donors (Lipinski definition) is 0. The standard InChI is InChI=1S/C39H80.CH4O4S/c1-5-7-9-11-13-15-17-19-21-23-25-27-29-31-33-35-37-39(3,4)38-36-34-32-30-28-26-24-22-20-18-16-14-12-10-8-6-2;1-5-6(2,3)4/h5-38H2,1-4H3;1H3,(H,2,3,4)/p-1. The predicted octanol–water partition coefficient (Wildman–Crippen LogP) is 14.4. The van der Waals surface area contributed by atoms with Crippen LogP contribution in [0.1, 0.15) is 246 Å². The third-order valence-corrected chi connectivity index (χ3v) is 10.0. The molecule has 0 aliphatic carbocycles. The van der Waals surface area contributed by atoms with Gasteiger partial charge in [0.2, 0.25) is 10.4 Å². The Morgan fingerprint density at radius 1 is 0.400 bits per heavy atom. The van der Waals surface area contributed by atoms with Crippen molar-refractivity contribution in [2.24, 2.45) is 5.41 Å². The molecule has 0 aliphatic rings. The summed E-state index contributed by atoms with van der Waals surface area (Å²) in [5, 5.41) is 0. The molecule has 0 saturated carbocycles. The van der Waals surface area contributed by atoms with Crippen molar-refractivity contribution in [1.82, 2.24) is 0 Å². The Balaban J connectivity index is 0. The van der Waals surface area contributed by atoms with Crippen molar-refractivity contribution < 1.29 is 17.2 Å². The molecular formula is C40H83O4S-. The van der Waals surface area contributed by atoms with Crippen molar-refractivity contribution in [1.29, 1.82) is 0 Å². The van der Waals surface area contributed by atoms with Gasteiger partial charge in [0.05, 0.1) is 7.11 Å². The highest BCUT2D eigenvalue weighted by atomic mass is 32.3. The number of unbranched alkanes of at least 4 members (excludes halogenated alkanes) is 30. The molecule has 274 valence electrons. The van der Waals surface area contributed by atoms with Gasteiger partial charge in [-0.15, -0.1) is 0 Å². The molecule has 45 heavy (non-hydrogen) atoms. The summed E-state index contributed by atoms with van der Waals surface area (Å²) in [7, 11) is -3.60. The minimum Gasteiger partial charge on any atom is -0.726 e. The summed E-state index contributed by atoms with van der Waals surface area (Å²) in [5.74, 6) is 0. The van der Waals surface area contributed by atoms with E-state index < -0.39 is 10.4 Å². The second-order valence-corrected chi connectivity index (χ2v) is 16.0. The van der Waals surface area contributed by atoms with E-state index in [1.54, 1.807) is 0 Å². The Labute approximate surface area is 285 Å². The molecule has 0 spiro atoms. The summed E-state index contributed by atoms with van der Waals surface area (Å²) in [6.45, 7) is 9.68. The lowest BCUT2D eigenvalue weighted by molar-refractivity contribution is 0.282. The summed E-state index contributed by atoms with van der Waals surface area (Å²) in [5.41, 5.74) is 0.575. The largest absolute Gasteiger partial charge is 0.726 e. The molecule has 0 saturated heterocycles. The van der Waals surface area contributed by atoms with Crippen LogP contribution in [0.3, 0.4) is 0 Å². The summed E-state index contributed by atoms with van der Waals surface area (Å²) in [6, 6.07) is 0. The van der Waals surface area contributed by atoms with Gasteiger partial charge >= 0.3 is 0 Å². The van der Waals surface area contributed by atoms with E-state index in [0.29, 0.717) is 5.41 Å². The van der Waals surface area contributed by atoms with Crippen LogP contribution in [0.2, 0.25) is 0 Å². The molecular weight excluding hydrogens is 577 g/mol. The van der Waals surface area contributed by atoms with Crippen LogP contribution < -0.4 is 0 Å². The molecule has 0 fully saturated rings. The fourth-order valence-corrected chi connectivity index (χ4v) is 6.43. The summed E-state index contributed by atoms with van der Waals surface area (Å²) >= 11 is 0. The van der Waals surface area contributed by atoms with E-state index in [1.807, 2.05) is 0 Å². The smallest absolute Gasteiger partial charge is 0.217 e. The van der Waals surface area contributed by atoms with Crippen molar-refractivity contribution >= 4 is 10.4 Å². The Kier molecular flexibility index (Phi) is 38.3. The topological polar surface area (TPSA) is 66.4 Å². The van der Waals surface area contributed by atoms with Gasteiger partial charge in [0.25, 0.3) is 0 Å². The molecule has 0 aromatic rings. The fourth-order valence-electron chi connectivity index (χ4n) is 6.43. The van der Waals surface area contributed by atoms with E-state index in [2.05, 4.69) is 31.9 Å². The molecule has 0 amide bonds. The minimum absolute atomic E-state index is 0.575. The zero-order chi connectivity index (χ0) is 33.7. The highest BCUT2D eigenvalue weighted by Gasteiger charge is 2.16. The van der Waals surface area contributed by atoms with Gasteiger partial charge in [-0.1, -0.05) is 233 Å². The number of hydrogen-bond acceptors (Lipinski definition) is 4. The van der Waals surface area contributed by atoms with Gasteiger partial charge in [-0.05, 0) is 18.3 Å². The summed E-state index contributed by atoms with van der Waals surface area (Å²) in [6.07, 6.45) is 50.0. The van der Waals surface area contributed by atoms with E-state index >= 15 is 0 Å². The third kappa shape index (κ3) is 46.0. The van der Waals surface area contributed by atoms with Crippen LogP contribution in [0.4, 0.5) is 0 Å². The predicted molar refractivity (Wildman–Crippen MR) is 199 cm³/mol. The second kappa shape index (κ2) is 36.7. The zero-order valence-electron chi connectivity index (χ0n) is 31.6. The molecule has 0 heterocycles. The maximum absolute atomic E-state index is 9.22. The van der Waals surface area contributed by atoms with Crippen LogP contribution in [0, 0.1) is 5.41 Å². The monoisotopic (exact) mass is 660 g/mol. The van der Waals surface area contributed by atoms with Crippen molar-refractivity contribution in [3.63, 3.8) is 0 Å². The van der Waals surface area contributed by atoms with E-state index in [1.165, 1.54) is 218 Å². The lowest BCUT2D eigenvalue weighted by Gasteiger charge is -2.24. The molecule has 0 atom stereocenters. The van der Waals surface area contributed by atoms with Crippen LogP contribution in [0.25, 0.3) is 0 Å². The SMILES string of the molecule is CCCCCCCCCCCCCCCCCCC(C)(C)CCCCCCCCCCCCCCCCCC.COS(=O)(=O)[O-]. The van der Waals surface area contributed by atoms with Crippen LogP contribution in [-0.2, 0) is 14.6 Å². The molecule has 0 aliphatic heterocycles. The highest BCUT2D eigenvalue weighted by molar-refractivity contribution is 7.80. The second-order valence-electron chi connectivity index (χ2n) is 14.8. The van der Waals surface area contributed by atoms with Crippen LogP contribution in [0.5, 0.6) is 0 Å². The Morgan fingerprint density at radius 3 is 0.711 bits per heavy atom. The van der Waals surface area contributed by atoms with Gasteiger partial charge in [-0.25, -0.2) is 8.42 Å². The van der Waals surface area contributed by atoms with Crippen molar-refractivity contribution in [2.45, 2.75) is 246 Å². The molecule has 0 rings (SSSR count). The first-order chi connectivity index (χ1) is 21.7. The first kappa shape index (κ1) is 47.0. The maximum atomic E-state index is 9.22. The molecule has 0 aromatic carbocycles. The van der Waals surface area contributed by atoms with Gasteiger partial charge in [0, 0.05) is 0 Å². The van der Waals surface area contributed by atoms with Crippen LogP contribution in [0.15, 0.2) is 0 Å². The Bertz CT molecular complexity index is 609. The van der Waals surface area contributed by atoms with E-state index in [0.717, 1.165) is 7.11 Å². The Morgan fingerprint density at radius 2 is 0.556 bits per heavy atom. The maximum Gasteiger partial charge on any atom is 0.217 e. The minimum atomic E-state index is -4.41. The van der Waals surface area contributed by atoms with E-state index in [-0.39, 0.29) is 0 Å². The van der Waals surface area contributed by atoms with Crippen molar-refractivity contribution in [3.8, 4) is 0 Å². The van der Waals surface area contributed by atoms with Gasteiger partial charge in [-0.3, -0.25) is 4.18 Å². The third-order valence-electron chi connectivity index (χ3n) is 9.62. The lowest BCUT2D eigenvalue weighted by atomic mass is 9.81. The summed E-state index contributed by atoms with van der Waals surface area (Å²) < 4.78 is 31.0. The van der Waals surface area contributed by atoms with Gasteiger partial charge in [0.1, 0.15) is 0 Å². The van der Waals surface area contributed by atoms with Gasteiger partial charge < -0.3 is 4.55 Å². The van der Waals surface area contributed by atoms with E-state index in [9.17, 15) is 13.0 Å². The van der Waals surface area contributed by atoms with Gasteiger partial charge in [0.15, 0.2) is 0 Å². The Hall–Kier alpha value is -0.130. The molecule has 0 bridgehead atoms. The van der Waals surface area contributed by atoms with Crippen molar-refractivity contribution in [2.75, 3.05) is 7.11 Å². The zero-order valence-corrected chi connectivity index (χ0v) is 32.4. The van der Waals surface area contributed by atoms with E-state index in [4.69, 9.17) is 0 Å². The average Bonchev–Trinajstić information content (AvgIpc) is 3.00. The summed E-state index contributed by atoms with van der Waals surface area (Å²) in [4.78, 5) is 0. The van der Waals surface area contributed by atoms with Crippen LogP contribution in [-0.4, -0.2) is 20.1 Å². The van der Waals surface area contributed by atoms with Gasteiger partial charge in [-0.2, -0.15) is 0 Å². The molecule has 4 nitrogen and oxygen atoms in total. The molecule has 5 heteroatoms. The first-order valence-electron chi connectivity index (χ1n) is 20.2. The molecule has 0 N–H and O–H groups in total. The first-order valence-corrected chi connectivity index (χ1v) is 21.5.